The van der Waals surface area contributed by atoms with Crippen LogP contribution in [0.25, 0.3) is 0 Å². The van der Waals surface area contributed by atoms with E-state index in [0.717, 1.165) is 12.0 Å². The van der Waals surface area contributed by atoms with Crippen LogP contribution in [0.3, 0.4) is 0 Å². The van der Waals surface area contributed by atoms with Crippen LogP contribution in [0.1, 0.15) is 19.3 Å². The average molecular weight is 154 g/mol. The molecule has 0 spiro atoms. The third-order valence-corrected chi connectivity index (χ3v) is 3.24. The van der Waals surface area contributed by atoms with E-state index in [4.69, 9.17) is 0 Å². The fraction of sp³-hybridized carbons (Fsp3) is 1.00. The standard InChI is InChI=1S/C9H18N2/c1-11-6-2-3-8-4-5-10-7-9(8)11/h8-10H,2-7H2,1H3. The van der Waals surface area contributed by atoms with Gasteiger partial charge in [-0.2, -0.15) is 0 Å². The van der Waals surface area contributed by atoms with Crippen LogP contribution in [-0.4, -0.2) is 37.6 Å². The monoisotopic (exact) mass is 154 g/mol. The summed E-state index contributed by atoms with van der Waals surface area (Å²) in [5.41, 5.74) is 0. The smallest absolute Gasteiger partial charge is 0.0246 e. The summed E-state index contributed by atoms with van der Waals surface area (Å²) in [6, 6.07) is 0.845. The number of hydrogen-bond acceptors (Lipinski definition) is 2. The van der Waals surface area contributed by atoms with E-state index in [1.807, 2.05) is 0 Å². The fourth-order valence-corrected chi connectivity index (χ4v) is 2.52. The maximum Gasteiger partial charge on any atom is 0.0246 e. The van der Waals surface area contributed by atoms with Crippen LogP contribution in [-0.2, 0) is 0 Å². The summed E-state index contributed by atoms with van der Waals surface area (Å²) in [7, 11) is 2.27. The zero-order chi connectivity index (χ0) is 7.68. The summed E-state index contributed by atoms with van der Waals surface area (Å²) >= 11 is 0. The van der Waals surface area contributed by atoms with Gasteiger partial charge in [0.1, 0.15) is 0 Å². The molecule has 2 heteroatoms. The first-order valence-electron chi connectivity index (χ1n) is 4.79. The molecule has 0 bridgehead atoms. The first-order valence-corrected chi connectivity index (χ1v) is 4.79. The predicted molar refractivity (Wildman–Crippen MR) is 46.6 cm³/mol. The molecule has 2 fully saturated rings. The van der Waals surface area contributed by atoms with E-state index in [9.17, 15) is 0 Å². The molecule has 2 atom stereocenters. The van der Waals surface area contributed by atoms with Crippen LogP contribution >= 0.6 is 0 Å². The van der Waals surface area contributed by atoms with E-state index in [1.54, 1.807) is 0 Å². The Balaban J connectivity index is 1.99. The van der Waals surface area contributed by atoms with Crippen molar-refractivity contribution in [3.8, 4) is 0 Å². The Morgan fingerprint density at radius 1 is 1.36 bits per heavy atom. The molecular formula is C9H18N2. The van der Waals surface area contributed by atoms with Gasteiger partial charge < -0.3 is 10.2 Å². The van der Waals surface area contributed by atoms with Gasteiger partial charge in [0.2, 0.25) is 0 Å². The number of hydrogen-bond donors (Lipinski definition) is 1. The Morgan fingerprint density at radius 3 is 3.09 bits per heavy atom. The summed E-state index contributed by atoms with van der Waals surface area (Å²) in [6.07, 6.45) is 4.28. The summed E-state index contributed by atoms with van der Waals surface area (Å²) < 4.78 is 0. The highest BCUT2D eigenvalue weighted by Gasteiger charge is 2.30. The van der Waals surface area contributed by atoms with Crippen LogP contribution in [0.4, 0.5) is 0 Å². The number of nitrogens with one attached hydrogen (secondary N) is 1. The van der Waals surface area contributed by atoms with E-state index in [2.05, 4.69) is 17.3 Å². The lowest BCUT2D eigenvalue weighted by atomic mass is 9.85. The molecule has 2 heterocycles. The predicted octanol–water partition coefficient (Wildman–Crippen LogP) is 0.690. The van der Waals surface area contributed by atoms with Crippen LogP contribution in [0.5, 0.6) is 0 Å². The van der Waals surface area contributed by atoms with Gasteiger partial charge in [0.15, 0.2) is 0 Å². The molecule has 11 heavy (non-hydrogen) atoms. The topological polar surface area (TPSA) is 15.3 Å². The molecule has 0 amide bonds. The molecular weight excluding hydrogens is 136 g/mol. The third kappa shape index (κ3) is 1.42. The van der Waals surface area contributed by atoms with Crippen molar-refractivity contribution in [1.29, 1.82) is 0 Å². The molecule has 2 saturated heterocycles. The third-order valence-electron chi connectivity index (χ3n) is 3.24. The van der Waals surface area contributed by atoms with Crippen LogP contribution in [0.2, 0.25) is 0 Å². The molecule has 0 aromatic carbocycles. The molecule has 2 aliphatic rings. The summed E-state index contributed by atoms with van der Waals surface area (Å²) in [4.78, 5) is 2.53. The molecule has 0 aliphatic carbocycles. The maximum absolute atomic E-state index is 3.47. The summed E-state index contributed by atoms with van der Waals surface area (Å²) in [5, 5.41) is 3.47. The van der Waals surface area contributed by atoms with Gasteiger partial charge in [0.05, 0.1) is 0 Å². The normalized spacial score (nSPS) is 40.1. The second-order valence-corrected chi connectivity index (χ2v) is 3.94. The minimum Gasteiger partial charge on any atom is -0.315 e. The Kier molecular flexibility index (Phi) is 2.14. The zero-order valence-corrected chi connectivity index (χ0v) is 7.34. The van der Waals surface area contributed by atoms with Gasteiger partial charge in [0.25, 0.3) is 0 Å². The Hall–Kier alpha value is -0.0800. The number of nitrogens with zero attached hydrogens (tertiary/aromatic N) is 1. The first kappa shape index (κ1) is 7.56. The van der Waals surface area contributed by atoms with Gasteiger partial charge in [-0.3, -0.25) is 0 Å². The second-order valence-electron chi connectivity index (χ2n) is 3.94. The molecule has 0 saturated carbocycles. The van der Waals surface area contributed by atoms with Gasteiger partial charge in [-0.05, 0) is 45.3 Å². The lowest BCUT2D eigenvalue weighted by molar-refractivity contribution is 0.0945. The Bertz CT molecular complexity index is 134. The fourth-order valence-electron chi connectivity index (χ4n) is 2.52. The molecule has 2 aliphatic heterocycles. The Labute approximate surface area is 69.0 Å². The van der Waals surface area contributed by atoms with Crippen molar-refractivity contribution in [3.05, 3.63) is 0 Å². The minimum atomic E-state index is 0.845. The number of likely N-dealkylation sites (N-methyl/N-ethyl adjacent to an activating group) is 1. The van der Waals surface area contributed by atoms with E-state index in [-0.39, 0.29) is 0 Å². The highest BCUT2D eigenvalue weighted by molar-refractivity contribution is 4.87. The molecule has 0 aromatic heterocycles. The summed E-state index contributed by atoms with van der Waals surface area (Å²) in [5.74, 6) is 0.995. The van der Waals surface area contributed by atoms with E-state index in [1.165, 1.54) is 38.9 Å². The number of likely N-dealkylation sites (tertiary alicyclic amines) is 1. The van der Waals surface area contributed by atoms with Crippen molar-refractivity contribution in [1.82, 2.24) is 10.2 Å². The average Bonchev–Trinajstić information content (AvgIpc) is 2.06. The van der Waals surface area contributed by atoms with Crippen LogP contribution < -0.4 is 5.32 Å². The van der Waals surface area contributed by atoms with Crippen molar-refractivity contribution in [2.24, 2.45) is 5.92 Å². The lowest BCUT2D eigenvalue weighted by Gasteiger charge is -2.42. The molecule has 1 N–H and O–H groups in total. The molecule has 2 nitrogen and oxygen atoms in total. The van der Waals surface area contributed by atoms with Crippen molar-refractivity contribution < 1.29 is 0 Å². The maximum atomic E-state index is 3.47. The van der Waals surface area contributed by atoms with E-state index >= 15 is 0 Å². The van der Waals surface area contributed by atoms with Gasteiger partial charge in [-0.25, -0.2) is 0 Å². The minimum absolute atomic E-state index is 0.845. The molecule has 2 rings (SSSR count). The second kappa shape index (κ2) is 3.11. The van der Waals surface area contributed by atoms with Crippen molar-refractivity contribution in [2.45, 2.75) is 25.3 Å². The number of piperidine rings is 2. The number of fused-ring (bicyclic) bond motifs is 1. The SMILES string of the molecule is CN1CCCC2CCNCC21. The summed E-state index contributed by atoms with van der Waals surface area (Å²) in [6.45, 7) is 3.78. The van der Waals surface area contributed by atoms with E-state index in [0.29, 0.717) is 0 Å². The van der Waals surface area contributed by atoms with Crippen LogP contribution in [0, 0.1) is 5.92 Å². The van der Waals surface area contributed by atoms with Gasteiger partial charge in [-0.1, -0.05) is 0 Å². The highest BCUT2D eigenvalue weighted by Crippen LogP contribution is 2.26. The molecule has 64 valence electrons. The quantitative estimate of drug-likeness (QED) is 0.552. The molecule has 2 unspecified atom stereocenters. The van der Waals surface area contributed by atoms with Crippen LogP contribution in [0.15, 0.2) is 0 Å². The number of rotatable bonds is 0. The first-order chi connectivity index (χ1) is 5.38. The largest absolute Gasteiger partial charge is 0.315 e. The van der Waals surface area contributed by atoms with Crippen molar-refractivity contribution >= 4 is 0 Å². The zero-order valence-electron chi connectivity index (χ0n) is 7.34. The van der Waals surface area contributed by atoms with Gasteiger partial charge in [0, 0.05) is 12.6 Å². The van der Waals surface area contributed by atoms with Crippen molar-refractivity contribution in [3.63, 3.8) is 0 Å². The van der Waals surface area contributed by atoms with Crippen molar-refractivity contribution in [2.75, 3.05) is 26.7 Å². The van der Waals surface area contributed by atoms with Gasteiger partial charge >= 0.3 is 0 Å². The lowest BCUT2D eigenvalue weighted by Crippen LogP contribution is -2.52. The van der Waals surface area contributed by atoms with Gasteiger partial charge in [-0.15, -0.1) is 0 Å². The molecule has 0 aromatic rings. The molecule has 0 radical (unpaired) electrons. The highest BCUT2D eigenvalue weighted by atomic mass is 15.2. The van der Waals surface area contributed by atoms with E-state index < -0.39 is 0 Å². The Morgan fingerprint density at radius 2 is 2.27 bits per heavy atom.